The third kappa shape index (κ3) is 4.22. The van der Waals surface area contributed by atoms with Crippen molar-refractivity contribution < 1.29 is 0 Å². The summed E-state index contributed by atoms with van der Waals surface area (Å²) in [6.45, 7) is 12.0. The highest BCUT2D eigenvalue weighted by Crippen LogP contribution is 2.42. The summed E-state index contributed by atoms with van der Waals surface area (Å²) in [6.07, 6.45) is 9.86. The molecular formula is C19H38N2. The van der Waals surface area contributed by atoms with E-state index in [1.165, 1.54) is 51.5 Å². The summed E-state index contributed by atoms with van der Waals surface area (Å²) in [5.41, 5.74) is 0.507. The Morgan fingerprint density at radius 3 is 2.33 bits per heavy atom. The molecule has 2 heteroatoms. The van der Waals surface area contributed by atoms with E-state index < -0.39 is 0 Å². The van der Waals surface area contributed by atoms with Crippen LogP contribution in [0.4, 0.5) is 0 Å². The minimum absolute atomic E-state index is 0.507. The molecule has 0 aromatic rings. The summed E-state index contributed by atoms with van der Waals surface area (Å²) in [5.74, 6) is 1.88. The zero-order valence-electron chi connectivity index (χ0n) is 15.1. The Labute approximate surface area is 133 Å². The molecule has 0 spiro atoms. The fourth-order valence-corrected chi connectivity index (χ4v) is 4.35. The number of rotatable bonds is 7. The highest BCUT2D eigenvalue weighted by atomic mass is 15.2. The van der Waals surface area contributed by atoms with Gasteiger partial charge in [0.25, 0.3) is 0 Å². The van der Waals surface area contributed by atoms with Gasteiger partial charge in [-0.2, -0.15) is 0 Å². The highest BCUT2D eigenvalue weighted by Gasteiger charge is 2.39. The Bertz CT molecular complexity index is 309. The standard InChI is InChI=1S/C19H38N2/c1-6-19(3,4)16-11-12-17(20-7-2)18(13-16)21(5)14-15-9-8-10-15/h15-18,20H,6-14H2,1-5H3. The number of hydrogen-bond donors (Lipinski definition) is 1. The molecule has 0 aromatic heterocycles. The van der Waals surface area contributed by atoms with Crippen molar-refractivity contribution in [3.63, 3.8) is 0 Å². The SMILES string of the molecule is CCNC1CCC(C(C)(C)CC)CC1N(C)CC1CCC1. The molecule has 3 unspecified atom stereocenters. The van der Waals surface area contributed by atoms with Crippen LogP contribution in [-0.2, 0) is 0 Å². The first kappa shape index (κ1) is 17.3. The third-order valence-electron chi connectivity index (χ3n) is 6.64. The van der Waals surface area contributed by atoms with Crippen LogP contribution >= 0.6 is 0 Å². The molecule has 0 aliphatic heterocycles. The van der Waals surface area contributed by atoms with E-state index in [-0.39, 0.29) is 0 Å². The van der Waals surface area contributed by atoms with Crippen LogP contribution in [0, 0.1) is 17.3 Å². The summed E-state index contributed by atoms with van der Waals surface area (Å²) in [6, 6.07) is 1.46. The quantitative estimate of drug-likeness (QED) is 0.753. The minimum atomic E-state index is 0.507. The first-order valence-electron chi connectivity index (χ1n) is 9.41. The number of likely N-dealkylation sites (N-methyl/N-ethyl adjacent to an activating group) is 2. The molecule has 3 atom stereocenters. The maximum Gasteiger partial charge on any atom is 0.0249 e. The fourth-order valence-electron chi connectivity index (χ4n) is 4.35. The number of hydrogen-bond acceptors (Lipinski definition) is 2. The zero-order chi connectivity index (χ0) is 15.5. The van der Waals surface area contributed by atoms with Crippen molar-refractivity contribution in [3.05, 3.63) is 0 Å². The molecule has 2 saturated carbocycles. The van der Waals surface area contributed by atoms with E-state index in [0.29, 0.717) is 11.5 Å². The van der Waals surface area contributed by atoms with E-state index in [9.17, 15) is 0 Å². The van der Waals surface area contributed by atoms with Gasteiger partial charge in [0.1, 0.15) is 0 Å². The van der Waals surface area contributed by atoms with Crippen LogP contribution in [0.2, 0.25) is 0 Å². The van der Waals surface area contributed by atoms with Crippen LogP contribution in [0.5, 0.6) is 0 Å². The Balaban J connectivity index is 1.99. The lowest BCUT2D eigenvalue weighted by Crippen LogP contribution is -2.54. The van der Waals surface area contributed by atoms with Crippen molar-refractivity contribution in [2.45, 2.75) is 84.7 Å². The van der Waals surface area contributed by atoms with E-state index in [1.807, 2.05) is 0 Å². The minimum Gasteiger partial charge on any atom is -0.313 e. The molecule has 2 aliphatic rings. The van der Waals surface area contributed by atoms with Crippen LogP contribution in [0.3, 0.4) is 0 Å². The van der Waals surface area contributed by atoms with Gasteiger partial charge < -0.3 is 10.2 Å². The average Bonchev–Trinajstić information content (AvgIpc) is 2.43. The summed E-state index contributed by atoms with van der Waals surface area (Å²) in [5, 5.41) is 3.77. The second-order valence-corrected chi connectivity index (χ2v) is 8.32. The predicted octanol–water partition coefficient (Wildman–Crippen LogP) is 4.30. The second-order valence-electron chi connectivity index (χ2n) is 8.32. The lowest BCUT2D eigenvalue weighted by atomic mass is 9.67. The second kappa shape index (κ2) is 7.46. The molecule has 21 heavy (non-hydrogen) atoms. The van der Waals surface area contributed by atoms with Gasteiger partial charge >= 0.3 is 0 Å². The van der Waals surface area contributed by atoms with Crippen LogP contribution in [0.25, 0.3) is 0 Å². The van der Waals surface area contributed by atoms with Gasteiger partial charge in [-0.25, -0.2) is 0 Å². The average molecular weight is 295 g/mol. The van der Waals surface area contributed by atoms with Crippen molar-refractivity contribution in [1.82, 2.24) is 10.2 Å². The van der Waals surface area contributed by atoms with Gasteiger partial charge in [-0.15, -0.1) is 0 Å². The summed E-state index contributed by atoms with van der Waals surface area (Å²) in [4.78, 5) is 2.70. The molecule has 0 radical (unpaired) electrons. The molecule has 2 fully saturated rings. The van der Waals surface area contributed by atoms with Crippen LogP contribution in [-0.4, -0.2) is 37.1 Å². The van der Waals surface area contributed by atoms with E-state index in [2.05, 4.69) is 45.0 Å². The van der Waals surface area contributed by atoms with E-state index in [0.717, 1.165) is 24.4 Å². The van der Waals surface area contributed by atoms with E-state index in [4.69, 9.17) is 0 Å². The first-order chi connectivity index (χ1) is 9.97. The van der Waals surface area contributed by atoms with Crippen molar-refractivity contribution in [2.75, 3.05) is 20.1 Å². The maximum absolute atomic E-state index is 3.77. The zero-order valence-corrected chi connectivity index (χ0v) is 15.1. The summed E-state index contributed by atoms with van der Waals surface area (Å²) < 4.78 is 0. The van der Waals surface area contributed by atoms with Gasteiger partial charge in [0, 0.05) is 18.6 Å². The third-order valence-corrected chi connectivity index (χ3v) is 6.64. The highest BCUT2D eigenvalue weighted by molar-refractivity contribution is 4.94. The molecule has 0 aromatic carbocycles. The van der Waals surface area contributed by atoms with Crippen LogP contribution < -0.4 is 5.32 Å². The van der Waals surface area contributed by atoms with Gasteiger partial charge in [0.05, 0.1) is 0 Å². The lowest BCUT2D eigenvalue weighted by molar-refractivity contribution is 0.0485. The number of nitrogens with zero attached hydrogens (tertiary/aromatic N) is 1. The van der Waals surface area contributed by atoms with Crippen LogP contribution in [0.1, 0.15) is 72.6 Å². The lowest BCUT2D eigenvalue weighted by Gasteiger charge is -2.47. The number of nitrogens with one attached hydrogen (secondary N) is 1. The van der Waals surface area contributed by atoms with Gasteiger partial charge in [-0.05, 0) is 62.9 Å². The topological polar surface area (TPSA) is 15.3 Å². The van der Waals surface area contributed by atoms with Gasteiger partial charge in [0.2, 0.25) is 0 Å². The molecule has 2 nitrogen and oxygen atoms in total. The van der Waals surface area contributed by atoms with Crippen LogP contribution in [0.15, 0.2) is 0 Å². The normalized spacial score (nSPS) is 31.4. The van der Waals surface area contributed by atoms with Crippen molar-refractivity contribution in [3.8, 4) is 0 Å². The molecular weight excluding hydrogens is 256 g/mol. The van der Waals surface area contributed by atoms with Crippen molar-refractivity contribution >= 4 is 0 Å². The smallest absolute Gasteiger partial charge is 0.0249 e. The maximum atomic E-state index is 3.77. The summed E-state index contributed by atoms with van der Waals surface area (Å²) >= 11 is 0. The van der Waals surface area contributed by atoms with E-state index in [1.54, 1.807) is 0 Å². The fraction of sp³-hybridized carbons (Fsp3) is 1.00. The largest absolute Gasteiger partial charge is 0.313 e. The van der Waals surface area contributed by atoms with Gasteiger partial charge in [-0.3, -0.25) is 0 Å². The Hall–Kier alpha value is -0.0800. The van der Waals surface area contributed by atoms with Crippen molar-refractivity contribution in [2.24, 2.45) is 17.3 Å². The molecule has 0 amide bonds. The van der Waals surface area contributed by atoms with E-state index >= 15 is 0 Å². The predicted molar refractivity (Wildman–Crippen MR) is 92.6 cm³/mol. The Morgan fingerprint density at radius 1 is 1.10 bits per heavy atom. The molecule has 0 saturated heterocycles. The molecule has 2 aliphatic carbocycles. The molecule has 124 valence electrons. The molecule has 2 rings (SSSR count). The van der Waals surface area contributed by atoms with Gasteiger partial charge in [-0.1, -0.05) is 40.5 Å². The molecule has 0 heterocycles. The Morgan fingerprint density at radius 2 is 1.81 bits per heavy atom. The van der Waals surface area contributed by atoms with Gasteiger partial charge in [0.15, 0.2) is 0 Å². The molecule has 1 N–H and O–H groups in total. The summed E-state index contributed by atoms with van der Waals surface area (Å²) in [7, 11) is 2.38. The first-order valence-corrected chi connectivity index (χ1v) is 9.41. The monoisotopic (exact) mass is 294 g/mol. The molecule has 0 bridgehead atoms. The Kier molecular flexibility index (Phi) is 6.14. The van der Waals surface area contributed by atoms with Crippen molar-refractivity contribution in [1.29, 1.82) is 0 Å².